The third-order valence-electron chi connectivity index (χ3n) is 4.61. The number of fused-ring (bicyclic) bond motifs is 3. The van der Waals surface area contributed by atoms with Gasteiger partial charge in [0, 0.05) is 5.92 Å². The number of thiazole rings is 1. The number of carbonyl (C=O) groups is 1. The average Bonchev–Trinajstić information content (AvgIpc) is 3.26. The third kappa shape index (κ3) is 3.49. The Labute approximate surface area is 145 Å². The second-order valence-corrected chi connectivity index (χ2v) is 7.46. The van der Waals surface area contributed by atoms with Gasteiger partial charge in [0.1, 0.15) is 5.75 Å². The van der Waals surface area contributed by atoms with Gasteiger partial charge in [-0.05, 0) is 42.9 Å². The fourth-order valence-corrected chi connectivity index (χ4v) is 4.39. The molecule has 2 aromatic rings. The van der Waals surface area contributed by atoms with E-state index in [4.69, 9.17) is 4.74 Å². The average molecular weight is 368 g/mol. The first-order chi connectivity index (χ1) is 11.9. The van der Waals surface area contributed by atoms with Crippen LogP contribution in [-0.4, -0.2) is 23.7 Å². The second-order valence-electron chi connectivity index (χ2n) is 6.43. The maximum atomic E-state index is 12.4. The number of rotatable bonds is 4. The zero-order valence-electron chi connectivity index (χ0n) is 13.0. The maximum absolute atomic E-state index is 12.4. The summed E-state index contributed by atoms with van der Waals surface area (Å²) < 4.78 is 42.1. The quantitative estimate of drug-likeness (QED) is 0.815. The molecular formula is C17H15F3N2O2S. The van der Waals surface area contributed by atoms with E-state index in [-0.39, 0.29) is 17.6 Å². The number of nitrogens with zero attached hydrogens (tertiary/aromatic N) is 1. The molecule has 2 aliphatic carbocycles. The summed E-state index contributed by atoms with van der Waals surface area (Å²) in [6.07, 6.45) is 1.82. The number of carbonyl (C=O) groups excluding carboxylic acids is 1. The van der Waals surface area contributed by atoms with Crippen LogP contribution in [0.2, 0.25) is 0 Å². The van der Waals surface area contributed by atoms with Gasteiger partial charge in [-0.15, -0.1) is 0 Å². The summed E-state index contributed by atoms with van der Waals surface area (Å²) in [5.74, 6) is 0.882. The monoisotopic (exact) mass is 368 g/mol. The summed E-state index contributed by atoms with van der Waals surface area (Å²) in [5, 5.41) is 3.31. The smallest absolute Gasteiger partial charge is 0.422 e. The van der Waals surface area contributed by atoms with Gasteiger partial charge in [0.25, 0.3) is 0 Å². The van der Waals surface area contributed by atoms with Crippen molar-refractivity contribution in [2.75, 3.05) is 11.9 Å². The molecule has 1 heterocycles. The normalized spacial score (nSPS) is 24.8. The van der Waals surface area contributed by atoms with Crippen LogP contribution in [-0.2, 0) is 4.79 Å². The predicted molar refractivity (Wildman–Crippen MR) is 88.6 cm³/mol. The number of alkyl halides is 3. The molecule has 1 fully saturated rings. The lowest BCUT2D eigenvalue weighted by atomic mass is 9.93. The molecule has 0 saturated heterocycles. The van der Waals surface area contributed by atoms with Gasteiger partial charge in [0.2, 0.25) is 5.91 Å². The highest BCUT2D eigenvalue weighted by Gasteiger charge is 2.40. The maximum Gasteiger partial charge on any atom is 0.422 e. The molecular weight excluding hydrogens is 353 g/mol. The largest absolute Gasteiger partial charge is 0.484 e. The van der Waals surface area contributed by atoms with Crippen LogP contribution in [0.3, 0.4) is 0 Å². The van der Waals surface area contributed by atoms with Crippen LogP contribution in [0.1, 0.15) is 12.8 Å². The number of aromatic nitrogens is 1. The lowest BCUT2D eigenvalue weighted by molar-refractivity contribution is -0.153. The molecule has 0 aliphatic heterocycles. The van der Waals surface area contributed by atoms with Gasteiger partial charge in [0.15, 0.2) is 11.7 Å². The lowest BCUT2D eigenvalue weighted by Gasteiger charge is -2.16. The van der Waals surface area contributed by atoms with Crippen LogP contribution in [0, 0.1) is 17.8 Å². The Balaban J connectivity index is 1.45. The standard InChI is InChI=1S/C17H15F3N2O2S/c18-17(19,20)8-24-11-3-4-13-14(7-11)25-16(21-13)22-15(23)12-6-9-1-2-10(12)5-9/h1-4,7,9-10,12H,5-6,8H2,(H,21,22,23)/t9-,10-,12-/m0/s1. The van der Waals surface area contributed by atoms with Crippen molar-refractivity contribution in [2.45, 2.75) is 19.0 Å². The van der Waals surface area contributed by atoms with Crippen LogP contribution in [0.4, 0.5) is 18.3 Å². The Morgan fingerprint density at radius 1 is 1.32 bits per heavy atom. The Hall–Kier alpha value is -2.09. The molecule has 1 aromatic carbocycles. The molecule has 4 rings (SSSR count). The summed E-state index contributed by atoms with van der Waals surface area (Å²) in [7, 11) is 0. The van der Waals surface area contributed by atoms with E-state index in [9.17, 15) is 18.0 Å². The van der Waals surface area contributed by atoms with Crippen LogP contribution >= 0.6 is 11.3 Å². The number of ether oxygens (including phenoxy) is 1. The van der Waals surface area contributed by atoms with Crippen LogP contribution < -0.4 is 10.1 Å². The fraction of sp³-hybridized carbons (Fsp3) is 0.412. The SMILES string of the molecule is O=C(Nc1nc2ccc(OCC(F)(F)F)cc2s1)[C@H]1C[C@H]2C=C[C@H]1C2. The topological polar surface area (TPSA) is 51.2 Å². The Bertz CT molecular complexity index is 846. The minimum absolute atomic E-state index is 0.0207. The van der Waals surface area contributed by atoms with Crippen molar-refractivity contribution >= 4 is 32.6 Å². The molecule has 2 aliphatic rings. The van der Waals surface area contributed by atoms with E-state index in [0.29, 0.717) is 27.2 Å². The highest BCUT2D eigenvalue weighted by atomic mass is 32.1. The van der Waals surface area contributed by atoms with Crippen molar-refractivity contribution in [3.8, 4) is 5.75 Å². The van der Waals surface area contributed by atoms with E-state index < -0.39 is 12.8 Å². The van der Waals surface area contributed by atoms with Crippen molar-refractivity contribution in [1.82, 2.24) is 4.98 Å². The van der Waals surface area contributed by atoms with Gasteiger partial charge in [-0.3, -0.25) is 4.79 Å². The number of hydrogen-bond acceptors (Lipinski definition) is 4. The molecule has 132 valence electrons. The number of benzene rings is 1. The molecule has 3 atom stereocenters. The number of anilines is 1. The van der Waals surface area contributed by atoms with Gasteiger partial charge >= 0.3 is 6.18 Å². The third-order valence-corrected chi connectivity index (χ3v) is 5.54. The highest BCUT2D eigenvalue weighted by molar-refractivity contribution is 7.22. The molecule has 1 saturated carbocycles. The number of halogens is 3. The predicted octanol–water partition coefficient (Wildman–Crippen LogP) is 4.39. The minimum Gasteiger partial charge on any atom is -0.484 e. The zero-order chi connectivity index (χ0) is 17.6. The van der Waals surface area contributed by atoms with Crippen molar-refractivity contribution in [3.63, 3.8) is 0 Å². The van der Waals surface area contributed by atoms with E-state index in [0.717, 1.165) is 12.8 Å². The minimum atomic E-state index is -4.38. The zero-order valence-corrected chi connectivity index (χ0v) is 13.9. The summed E-state index contributed by atoms with van der Waals surface area (Å²) >= 11 is 1.23. The van der Waals surface area contributed by atoms with E-state index in [2.05, 4.69) is 22.5 Å². The fourth-order valence-electron chi connectivity index (χ4n) is 3.49. The molecule has 0 spiro atoms. The van der Waals surface area contributed by atoms with Gasteiger partial charge in [0.05, 0.1) is 10.2 Å². The molecule has 1 amide bonds. The molecule has 8 heteroatoms. The first-order valence-corrected chi connectivity index (χ1v) is 8.78. The first kappa shape index (κ1) is 16.4. The highest BCUT2D eigenvalue weighted by Crippen LogP contribution is 2.44. The van der Waals surface area contributed by atoms with E-state index in [1.54, 1.807) is 6.07 Å². The summed E-state index contributed by atoms with van der Waals surface area (Å²) in [6.45, 7) is -1.33. The summed E-state index contributed by atoms with van der Waals surface area (Å²) in [5.41, 5.74) is 0.618. The van der Waals surface area contributed by atoms with Gasteiger partial charge in [-0.25, -0.2) is 4.98 Å². The van der Waals surface area contributed by atoms with Gasteiger partial charge in [-0.2, -0.15) is 13.2 Å². The molecule has 1 aromatic heterocycles. The molecule has 4 nitrogen and oxygen atoms in total. The van der Waals surface area contributed by atoms with Crippen LogP contribution in [0.15, 0.2) is 30.4 Å². The first-order valence-electron chi connectivity index (χ1n) is 7.97. The lowest BCUT2D eigenvalue weighted by Crippen LogP contribution is -2.25. The number of hydrogen-bond donors (Lipinski definition) is 1. The van der Waals surface area contributed by atoms with E-state index in [1.807, 2.05) is 0 Å². The van der Waals surface area contributed by atoms with Crippen molar-refractivity contribution in [1.29, 1.82) is 0 Å². The molecule has 2 bridgehead atoms. The Kier molecular flexibility index (Phi) is 3.94. The number of nitrogens with one attached hydrogen (secondary N) is 1. The van der Waals surface area contributed by atoms with E-state index in [1.165, 1.54) is 23.5 Å². The van der Waals surface area contributed by atoms with Crippen molar-refractivity contribution in [3.05, 3.63) is 30.4 Å². The Morgan fingerprint density at radius 3 is 2.84 bits per heavy atom. The molecule has 25 heavy (non-hydrogen) atoms. The van der Waals surface area contributed by atoms with Crippen molar-refractivity contribution in [2.24, 2.45) is 17.8 Å². The van der Waals surface area contributed by atoms with Gasteiger partial charge in [-0.1, -0.05) is 23.5 Å². The van der Waals surface area contributed by atoms with Gasteiger partial charge < -0.3 is 10.1 Å². The summed E-state index contributed by atoms with van der Waals surface area (Å²) in [6, 6.07) is 4.54. The Morgan fingerprint density at radius 2 is 2.16 bits per heavy atom. The van der Waals surface area contributed by atoms with Crippen molar-refractivity contribution < 1.29 is 22.7 Å². The molecule has 1 N–H and O–H groups in total. The number of amides is 1. The van der Waals surface area contributed by atoms with E-state index >= 15 is 0 Å². The summed E-state index contributed by atoms with van der Waals surface area (Å²) in [4.78, 5) is 16.8. The van der Waals surface area contributed by atoms with Crippen LogP contribution in [0.25, 0.3) is 10.2 Å². The van der Waals surface area contributed by atoms with Crippen LogP contribution in [0.5, 0.6) is 5.75 Å². The second kappa shape index (κ2) is 6.01. The number of allylic oxidation sites excluding steroid dienone is 2. The molecule has 0 unspecified atom stereocenters. The molecule has 0 radical (unpaired) electrons.